The van der Waals surface area contributed by atoms with E-state index in [0.29, 0.717) is 18.7 Å². The number of carbonyl (C=O) groups is 1. The molecule has 1 aliphatic heterocycles. The third kappa shape index (κ3) is 3.28. The number of nitrogens with zero attached hydrogens (tertiary/aromatic N) is 1. The van der Waals surface area contributed by atoms with E-state index in [4.69, 9.17) is 4.74 Å². The summed E-state index contributed by atoms with van der Waals surface area (Å²) in [6.45, 7) is 7.43. The van der Waals surface area contributed by atoms with Gasteiger partial charge >= 0.3 is 5.97 Å². The second-order valence-electron chi connectivity index (χ2n) is 5.54. The van der Waals surface area contributed by atoms with Gasteiger partial charge in [-0.25, -0.2) is 4.79 Å². The maximum absolute atomic E-state index is 11.4. The largest absolute Gasteiger partial charge is 0.478 e. The van der Waals surface area contributed by atoms with Crippen LogP contribution in [0.4, 0.5) is 5.69 Å². The minimum atomic E-state index is -0.909. The molecule has 1 aromatic carbocycles. The van der Waals surface area contributed by atoms with Crippen molar-refractivity contribution in [2.45, 2.75) is 32.5 Å². The molecule has 2 rings (SSSR count). The molecule has 0 aliphatic carbocycles. The Morgan fingerprint density at radius 1 is 1.53 bits per heavy atom. The van der Waals surface area contributed by atoms with Crippen molar-refractivity contribution in [3.05, 3.63) is 28.2 Å². The number of hydrogen-bond acceptors (Lipinski definition) is 3. The Bertz CT molecular complexity index is 501. The number of aromatic carboxylic acids is 1. The Hall–Kier alpha value is -1.07. The highest BCUT2D eigenvalue weighted by Crippen LogP contribution is 2.30. The number of carboxylic acids is 1. The third-order valence-corrected chi connectivity index (χ3v) is 3.59. The minimum Gasteiger partial charge on any atom is -0.478 e. The van der Waals surface area contributed by atoms with Crippen molar-refractivity contribution in [2.75, 3.05) is 18.0 Å². The van der Waals surface area contributed by atoms with E-state index in [2.05, 4.69) is 20.8 Å². The number of benzene rings is 1. The summed E-state index contributed by atoms with van der Waals surface area (Å²) in [7, 11) is 0. The highest BCUT2D eigenvalue weighted by atomic mass is 79.9. The number of halogens is 1. The molecule has 1 fully saturated rings. The van der Waals surface area contributed by atoms with E-state index in [1.807, 2.05) is 32.9 Å². The van der Waals surface area contributed by atoms with Crippen LogP contribution in [0, 0.1) is 0 Å². The van der Waals surface area contributed by atoms with E-state index >= 15 is 0 Å². The van der Waals surface area contributed by atoms with Crippen LogP contribution in [0.1, 0.15) is 31.1 Å². The van der Waals surface area contributed by atoms with Crippen molar-refractivity contribution in [1.82, 2.24) is 0 Å². The highest BCUT2D eigenvalue weighted by molar-refractivity contribution is 9.10. The molecule has 0 saturated carbocycles. The van der Waals surface area contributed by atoms with Gasteiger partial charge in [-0.1, -0.05) is 15.9 Å². The standard InChI is InChI=1S/C14H18BrNO3/c1-9-7-16(8-14(2,3)19-9)12-5-4-10(15)6-11(12)13(17)18/h4-6,9H,7-8H2,1-3H3,(H,17,18). The molecule has 1 saturated heterocycles. The quantitative estimate of drug-likeness (QED) is 0.906. The summed E-state index contributed by atoms with van der Waals surface area (Å²) in [6.07, 6.45) is 0.0778. The van der Waals surface area contributed by atoms with Crippen molar-refractivity contribution in [3.63, 3.8) is 0 Å². The zero-order chi connectivity index (χ0) is 14.2. The lowest BCUT2D eigenvalue weighted by molar-refractivity contribution is -0.0750. The van der Waals surface area contributed by atoms with Crippen LogP contribution in [0.3, 0.4) is 0 Å². The lowest BCUT2D eigenvalue weighted by Gasteiger charge is -2.43. The maximum atomic E-state index is 11.4. The number of morpholine rings is 1. The molecule has 1 atom stereocenters. The maximum Gasteiger partial charge on any atom is 0.337 e. The number of carboxylic acid groups (broad SMARTS) is 1. The van der Waals surface area contributed by atoms with Gasteiger partial charge in [0.1, 0.15) is 0 Å². The molecular weight excluding hydrogens is 310 g/mol. The highest BCUT2D eigenvalue weighted by Gasteiger charge is 2.32. The first kappa shape index (κ1) is 14.3. The minimum absolute atomic E-state index is 0.0778. The first-order valence-corrected chi connectivity index (χ1v) is 7.03. The lowest BCUT2D eigenvalue weighted by Crippen LogP contribution is -2.52. The zero-order valence-corrected chi connectivity index (χ0v) is 12.9. The van der Waals surface area contributed by atoms with Gasteiger partial charge in [0.2, 0.25) is 0 Å². The van der Waals surface area contributed by atoms with Gasteiger partial charge in [0.15, 0.2) is 0 Å². The third-order valence-electron chi connectivity index (χ3n) is 3.10. The summed E-state index contributed by atoms with van der Waals surface area (Å²) in [5, 5.41) is 9.34. The summed E-state index contributed by atoms with van der Waals surface area (Å²) in [5.41, 5.74) is 0.791. The average molecular weight is 328 g/mol. The summed E-state index contributed by atoms with van der Waals surface area (Å²) in [6, 6.07) is 5.36. The van der Waals surface area contributed by atoms with Crippen LogP contribution in [-0.2, 0) is 4.74 Å². The Morgan fingerprint density at radius 3 is 2.79 bits per heavy atom. The van der Waals surface area contributed by atoms with Gasteiger partial charge in [0, 0.05) is 17.6 Å². The molecule has 4 nitrogen and oxygen atoms in total. The molecule has 1 aromatic rings. The molecular formula is C14H18BrNO3. The first-order valence-electron chi connectivity index (χ1n) is 6.24. The van der Waals surface area contributed by atoms with Gasteiger partial charge in [-0.15, -0.1) is 0 Å². The molecule has 0 radical (unpaired) electrons. The van der Waals surface area contributed by atoms with E-state index in [9.17, 15) is 9.90 Å². The molecule has 104 valence electrons. The van der Waals surface area contributed by atoms with Crippen molar-refractivity contribution < 1.29 is 14.6 Å². The van der Waals surface area contributed by atoms with Crippen molar-refractivity contribution >= 4 is 27.6 Å². The number of ether oxygens (including phenoxy) is 1. The second-order valence-corrected chi connectivity index (χ2v) is 6.45. The summed E-state index contributed by atoms with van der Waals surface area (Å²) in [4.78, 5) is 13.5. The van der Waals surface area contributed by atoms with Gasteiger partial charge < -0.3 is 14.7 Å². The van der Waals surface area contributed by atoms with Crippen molar-refractivity contribution in [1.29, 1.82) is 0 Å². The van der Waals surface area contributed by atoms with E-state index in [1.54, 1.807) is 6.07 Å². The fourth-order valence-corrected chi connectivity index (χ4v) is 2.95. The molecule has 1 N–H and O–H groups in total. The average Bonchev–Trinajstić information content (AvgIpc) is 2.25. The number of hydrogen-bond donors (Lipinski definition) is 1. The first-order chi connectivity index (χ1) is 8.78. The Labute approximate surface area is 121 Å². The topological polar surface area (TPSA) is 49.8 Å². The predicted molar refractivity (Wildman–Crippen MR) is 77.9 cm³/mol. The second kappa shape index (κ2) is 5.13. The van der Waals surface area contributed by atoms with Gasteiger partial charge in [0.25, 0.3) is 0 Å². The SMILES string of the molecule is CC1CN(c2ccc(Br)cc2C(=O)O)CC(C)(C)O1. The molecule has 1 unspecified atom stereocenters. The van der Waals surface area contributed by atoms with E-state index in [-0.39, 0.29) is 11.7 Å². The van der Waals surface area contributed by atoms with Crippen molar-refractivity contribution in [3.8, 4) is 0 Å². The molecule has 1 heterocycles. The van der Waals surface area contributed by atoms with Crippen LogP contribution in [0.15, 0.2) is 22.7 Å². The van der Waals surface area contributed by atoms with Crippen LogP contribution < -0.4 is 4.90 Å². The normalized spacial score (nSPS) is 22.3. The molecule has 0 bridgehead atoms. The molecule has 1 aliphatic rings. The smallest absolute Gasteiger partial charge is 0.337 e. The fraction of sp³-hybridized carbons (Fsp3) is 0.500. The lowest BCUT2D eigenvalue weighted by atomic mass is 10.0. The predicted octanol–water partition coefficient (Wildman–Crippen LogP) is 3.15. The van der Waals surface area contributed by atoms with Gasteiger partial charge in [0.05, 0.1) is 23.0 Å². The molecule has 0 spiro atoms. The van der Waals surface area contributed by atoms with Crippen LogP contribution in [-0.4, -0.2) is 35.9 Å². The molecule has 19 heavy (non-hydrogen) atoms. The molecule has 5 heteroatoms. The summed E-state index contributed by atoms with van der Waals surface area (Å²) < 4.78 is 6.62. The van der Waals surface area contributed by atoms with Crippen molar-refractivity contribution in [2.24, 2.45) is 0 Å². The van der Waals surface area contributed by atoms with E-state index in [0.717, 1.165) is 10.2 Å². The van der Waals surface area contributed by atoms with E-state index < -0.39 is 5.97 Å². The number of anilines is 1. The van der Waals surface area contributed by atoms with Crippen LogP contribution in [0.25, 0.3) is 0 Å². The van der Waals surface area contributed by atoms with E-state index in [1.165, 1.54) is 0 Å². The fourth-order valence-electron chi connectivity index (χ4n) is 2.59. The Morgan fingerprint density at radius 2 is 2.21 bits per heavy atom. The Balaban J connectivity index is 2.38. The summed E-state index contributed by atoms with van der Waals surface area (Å²) in [5.74, 6) is -0.909. The van der Waals surface area contributed by atoms with Crippen LogP contribution in [0.2, 0.25) is 0 Å². The number of rotatable bonds is 2. The van der Waals surface area contributed by atoms with Gasteiger partial charge in [-0.2, -0.15) is 0 Å². The molecule has 0 aromatic heterocycles. The van der Waals surface area contributed by atoms with Crippen LogP contribution >= 0.6 is 15.9 Å². The molecule has 0 amide bonds. The zero-order valence-electron chi connectivity index (χ0n) is 11.3. The van der Waals surface area contributed by atoms with Gasteiger partial charge in [-0.05, 0) is 39.0 Å². The summed E-state index contributed by atoms with van der Waals surface area (Å²) >= 11 is 3.32. The van der Waals surface area contributed by atoms with Crippen LogP contribution in [0.5, 0.6) is 0 Å². The van der Waals surface area contributed by atoms with Gasteiger partial charge in [-0.3, -0.25) is 0 Å². The Kier molecular flexibility index (Phi) is 3.87. The monoisotopic (exact) mass is 327 g/mol.